The number of carbonyl (C=O) groups is 1. The fraction of sp³-hybridized carbons (Fsp3) is 0.500. The lowest BCUT2D eigenvalue weighted by Crippen LogP contribution is -2.34. The number of fused-ring (bicyclic) bond motifs is 1. The molecule has 2 heterocycles. The summed E-state index contributed by atoms with van der Waals surface area (Å²) >= 11 is 0. The molecule has 1 N–H and O–H groups in total. The normalized spacial score (nSPS) is 22.6. The molecular weight excluding hydrogens is 269 g/mol. The molecule has 0 unspecified atom stereocenters. The number of hydrogen-bond donors (Lipinski definition) is 1. The Balaban J connectivity index is 2.00. The van der Waals surface area contributed by atoms with Gasteiger partial charge >= 0.3 is 6.18 Å². The first kappa shape index (κ1) is 13.3. The second-order valence-electron chi connectivity index (χ2n) is 5.22. The van der Waals surface area contributed by atoms with Crippen LogP contribution in [-0.4, -0.2) is 23.9 Å². The largest absolute Gasteiger partial charge is 0.416 e. The van der Waals surface area contributed by atoms with Gasteiger partial charge in [0.25, 0.3) is 0 Å². The summed E-state index contributed by atoms with van der Waals surface area (Å²) in [5, 5.41) is 3.10. The summed E-state index contributed by atoms with van der Waals surface area (Å²) in [6, 6.07) is 3.49. The summed E-state index contributed by atoms with van der Waals surface area (Å²) in [6.07, 6.45) is -2.42. The standard InChI is InChI=1S/C14H15F3N2O/c15-14(16,17)9-3-4-11-10(8-9)12(5-6-18-11)19-7-1-2-13(19)20/h3-4,8,12,18H,1-2,5-7H2/t12-/m1/s1. The average Bonchev–Trinajstić information content (AvgIpc) is 2.82. The molecule has 2 aliphatic rings. The molecule has 1 fully saturated rings. The zero-order valence-corrected chi connectivity index (χ0v) is 10.8. The van der Waals surface area contributed by atoms with E-state index >= 15 is 0 Å². The quantitative estimate of drug-likeness (QED) is 0.859. The third-order valence-corrected chi connectivity index (χ3v) is 3.96. The van der Waals surface area contributed by atoms with Crippen LogP contribution >= 0.6 is 0 Å². The first-order valence-electron chi connectivity index (χ1n) is 6.71. The molecule has 0 aliphatic carbocycles. The maximum Gasteiger partial charge on any atom is 0.416 e. The van der Waals surface area contributed by atoms with Crippen molar-refractivity contribution in [1.29, 1.82) is 0 Å². The van der Waals surface area contributed by atoms with Gasteiger partial charge in [0.1, 0.15) is 0 Å². The van der Waals surface area contributed by atoms with Crippen molar-refractivity contribution in [1.82, 2.24) is 4.90 Å². The van der Waals surface area contributed by atoms with Crippen LogP contribution < -0.4 is 5.32 Å². The molecule has 20 heavy (non-hydrogen) atoms. The Morgan fingerprint density at radius 1 is 1.30 bits per heavy atom. The summed E-state index contributed by atoms with van der Waals surface area (Å²) in [7, 11) is 0. The number of benzene rings is 1. The lowest BCUT2D eigenvalue weighted by Gasteiger charge is -2.34. The van der Waals surface area contributed by atoms with Gasteiger partial charge in [-0.15, -0.1) is 0 Å². The van der Waals surface area contributed by atoms with Crippen LogP contribution in [0.2, 0.25) is 0 Å². The SMILES string of the molecule is O=C1CCCN1[C@@H]1CCNc2ccc(C(F)(F)F)cc21. The van der Waals surface area contributed by atoms with Crippen molar-refractivity contribution in [3.63, 3.8) is 0 Å². The van der Waals surface area contributed by atoms with E-state index in [1.807, 2.05) is 0 Å². The molecule has 0 aromatic heterocycles. The molecule has 3 rings (SSSR count). The number of halogens is 3. The van der Waals surface area contributed by atoms with Gasteiger partial charge in [-0.2, -0.15) is 13.2 Å². The van der Waals surface area contributed by atoms with Crippen LogP contribution in [-0.2, 0) is 11.0 Å². The van der Waals surface area contributed by atoms with Gasteiger partial charge in [-0.05, 0) is 36.6 Å². The van der Waals surface area contributed by atoms with Crippen molar-refractivity contribution < 1.29 is 18.0 Å². The Kier molecular flexibility index (Phi) is 3.11. The highest BCUT2D eigenvalue weighted by Crippen LogP contribution is 2.40. The van der Waals surface area contributed by atoms with Crippen molar-refractivity contribution in [2.24, 2.45) is 0 Å². The van der Waals surface area contributed by atoms with Gasteiger partial charge in [0.05, 0.1) is 11.6 Å². The van der Waals surface area contributed by atoms with Crippen molar-refractivity contribution in [2.45, 2.75) is 31.5 Å². The van der Waals surface area contributed by atoms with Gasteiger partial charge < -0.3 is 10.2 Å². The van der Waals surface area contributed by atoms with Gasteiger partial charge in [0, 0.05) is 25.2 Å². The first-order chi connectivity index (χ1) is 9.47. The molecule has 0 saturated carbocycles. The molecular formula is C14H15F3N2O. The Labute approximate surface area is 114 Å². The minimum absolute atomic E-state index is 0.0419. The molecule has 0 spiro atoms. The van der Waals surface area contributed by atoms with Gasteiger partial charge in [-0.1, -0.05) is 0 Å². The lowest BCUT2D eigenvalue weighted by molar-refractivity contribution is -0.137. The minimum Gasteiger partial charge on any atom is -0.385 e. The fourth-order valence-electron chi connectivity index (χ4n) is 3.00. The topological polar surface area (TPSA) is 32.3 Å². The third-order valence-electron chi connectivity index (χ3n) is 3.96. The Morgan fingerprint density at radius 3 is 2.75 bits per heavy atom. The number of nitrogens with one attached hydrogen (secondary N) is 1. The molecule has 1 atom stereocenters. The number of rotatable bonds is 1. The number of amides is 1. The monoisotopic (exact) mass is 284 g/mol. The van der Waals surface area contributed by atoms with E-state index in [-0.39, 0.29) is 11.9 Å². The van der Waals surface area contributed by atoms with E-state index in [1.165, 1.54) is 12.1 Å². The van der Waals surface area contributed by atoms with E-state index in [1.54, 1.807) is 4.90 Å². The van der Waals surface area contributed by atoms with Crippen molar-refractivity contribution >= 4 is 11.6 Å². The highest BCUT2D eigenvalue weighted by atomic mass is 19.4. The van der Waals surface area contributed by atoms with Crippen LogP contribution in [0.25, 0.3) is 0 Å². The summed E-state index contributed by atoms with van der Waals surface area (Å²) in [5.74, 6) is 0.0419. The zero-order valence-electron chi connectivity index (χ0n) is 10.8. The predicted octanol–water partition coefficient (Wildman–Crippen LogP) is 3.18. The van der Waals surface area contributed by atoms with Crippen LogP contribution in [0.3, 0.4) is 0 Å². The molecule has 1 aromatic carbocycles. The maximum absolute atomic E-state index is 12.8. The van der Waals surface area contributed by atoms with E-state index in [9.17, 15) is 18.0 Å². The molecule has 0 bridgehead atoms. The summed E-state index contributed by atoms with van der Waals surface area (Å²) in [6.45, 7) is 1.31. The van der Waals surface area contributed by atoms with E-state index < -0.39 is 11.7 Å². The Bertz CT molecular complexity index is 542. The van der Waals surface area contributed by atoms with Gasteiger partial charge in [0.2, 0.25) is 5.91 Å². The summed E-state index contributed by atoms with van der Waals surface area (Å²) < 4.78 is 38.5. The molecule has 2 aliphatic heterocycles. The average molecular weight is 284 g/mol. The van der Waals surface area contributed by atoms with E-state index in [2.05, 4.69) is 5.32 Å². The molecule has 6 heteroatoms. The predicted molar refractivity (Wildman–Crippen MR) is 68.2 cm³/mol. The molecule has 3 nitrogen and oxygen atoms in total. The van der Waals surface area contributed by atoms with Crippen molar-refractivity contribution in [3.05, 3.63) is 29.3 Å². The summed E-state index contributed by atoms with van der Waals surface area (Å²) in [5.41, 5.74) is 0.631. The number of hydrogen-bond acceptors (Lipinski definition) is 2. The first-order valence-corrected chi connectivity index (χ1v) is 6.71. The van der Waals surface area contributed by atoms with E-state index in [4.69, 9.17) is 0 Å². The molecule has 1 aromatic rings. The lowest BCUT2D eigenvalue weighted by atomic mass is 9.94. The number of likely N-dealkylation sites (tertiary alicyclic amines) is 1. The van der Waals surface area contributed by atoms with Crippen LogP contribution in [0.5, 0.6) is 0 Å². The molecule has 108 valence electrons. The van der Waals surface area contributed by atoms with Gasteiger partial charge in [0.15, 0.2) is 0 Å². The molecule has 1 saturated heterocycles. The van der Waals surface area contributed by atoms with Crippen molar-refractivity contribution in [2.75, 3.05) is 18.4 Å². The van der Waals surface area contributed by atoms with Gasteiger partial charge in [-0.25, -0.2) is 0 Å². The Morgan fingerprint density at radius 2 is 2.10 bits per heavy atom. The van der Waals surface area contributed by atoms with E-state index in [0.29, 0.717) is 37.2 Å². The number of alkyl halides is 3. The number of anilines is 1. The molecule has 1 amide bonds. The fourth-order valence-corrected chi connectivity index (χ4v) is 3.00. The third kappa shape index (κ3) is 2.23. The summed E-state index contributed by atoms with van der Waals surface area (Å²) in [4.78, 5) is 13.6. The van der Waals surface area contributed by atoms with Crippen LogP contribution in [0, 0.1) is 0 Å². The number of nitrogens with zero attached hydrogens (tertiary/aromatic N) is 1. The van der Waals surface area contributed by atoms with Crippen LogP contribution in [0.15, 0.2) is 18.2 Å². The van der Waals surface area contributed by atoms with Crippen LogP contribution in [0.1, 0.15) is 36.4 Å². The minimum atomic E-state index is -4.36. The Hall–Kier alpha value is -1.72. The zero-order chi connectivity index (χ0) is 14.3. The maximum atomic E-state index is 12.8. The smallest absolute Gasteiger partial charge is 0.385 e. The van der Waals surface area contributed by atoms with Crippen LogP contribution in [0.4, 0.5) is 18.9 Å². The van der Waals surface area contributed by atoms with E-state index in [0.717, 1.165) is 12.5 Å². The van der Waals surface area contributed by atoms with Gasteiger partial charge in [-0.3, -0.25) is 4.79 Å². The second kappa shape index (κ2) is 4.68. The highest BCUT2D eigenvalue weighted by molar-refractivity contribution is 5.79. The second-order valence-corrected chi connectivity index (χ2v) is 5.22. The number of carbonyl (C=O) groups excluding carboxylic acids is 1. The highest BCUT2D eigenvalue weighted by Gasteiger charge is 2.35. The van der Waals surface area contributed by atoms with Crippen molar-refractivity contribution in [3.8, 4) is 0 Å². The molecule has 0 radical (unpaired) electrons.